The summed E-state index contributed by atoms with van der Waals surface area (Å²) in [7, 11) is 0. The SMILES string of the molecule is Cc1nc2nc(C3CCOC(C)C3)nc(-c3ccc(C(F)(F)F)cc3)c2nc1C.c1cnn(C2CC2)c1. The first-order valence-electron chi connectivity index (χ1n) is 12.5. The van der Waals surface area contributed by atoms with E-state index in [1.54, 1.807) is 0 Å². The van der Waals surface area contributed by atoms with Crippen molar-refractivity contribution in [3.05, 3.63) is 65.5 Å². The Balaban J connectivity index is 0.000000295. The molecule has 0 bridgehead atoms. The third-order valence-corrected chi connectivity index (χ3v) is 6.74. The van der Waals surface area contributed by atoms with Gasteiger partial charge in [0.25, 0.3) is 0 Å². The largest absolute Gasteiger partial charge is 0.416 e. The summed E-state index contributed by atoms with van der Waals surface area (Å²) in [5.74, 6) is 0.750. The summed E-state index contributed by atoms with van der Waals surface area (Å²) in [4.78, 5) is 18.6. The van der Waals surface area contributed by atoms with Crippen LogP contribution in [0.5, 0.6) is 0 Å². The molecular weight excluding hydrogens is 481 g/mol. The lowest BCUT2D eigenvalue weighted by Gasteiger charge is -2.26. The lowest BCUT2D eigenvalue weighted by molar-refractivity contribution is -0.137. The second-order valence-corrected chi connectivity index (χ2v) is 9.69. The maximum Gasteiger partial charge on any atom is 0.416 e. The van der Waals surface area contributed by atoms with Crippen LogP contribution in [0.3, 0.4) is 0 Å². The van der Waals surface area contributed by atoms with Crippen molar-refractivity contribution in [1.82, 2.24) is 29.7 Å². The van der Waals surface area contributed by atoms with Crippen molar-refractivity contribution < 1.29 is 17.9 Å². The molecule has 4 aromatic rings. The molecule has 3 aromatic heterocycles. The van der Waals surface area contributed by atoms with E-state index in [0.29, 0.717) is 34.9 Å². The zero-order valence-electron chi connectivity index (χ0n) is 21.0. The maximum atomic E-state index is 13.0. The van der Waals surface area contributed by atoms with E-state index in [1.807, 2.05) is 43.9 Å². The molecule has 1 aliphatic carbocycles. The van der Waals surface area contributed by atoms with E-state index in [0.717, 1.165) is 42.4 Å². The first kappa shape index (κ1) is 25.3. The average Bonchev–Trinajstić information content (AvgIpc) is 3.58. The van der Waals surface area contributed by atoms with Gasteiger partial charge in [0.05, 0.1) is 29.1 Å². The zero-order valence-corrected chi connectivity index (χ0v) is 21.0. The van der Waals surface area contributed by atoms with Crippen LogP contribution in [0.1, 0.15) is 67.3 Å². The summed E-state index contributed by atoms with van der Waals surface area (Å²) in [5, 5.41) is 4.09. The third-order valence-electron chi connectivity index (χ3n) is 6.74. The summed E-state index contributed by atoms with van der Waals surface area (Å²) in [5.41, 5.74) is 2.83. The third kappa shape index (κ3) is 5.79. The van der Waals surface area contributed by atoms with Crippen LogP contribution in [0.25, 0.3) is 22.4 Å². The fourth-order valence-corrected chi connectivity index (χ4v) is 4.40. The Labute approximate surface area is 213 Å². The van der Waals surface area contributed by atoms with E-state index in [4.69, 9.17) is 9.72 Å². The smallest absolute Gasteiger partial charge is 0.378 e. The van der Waals surface area contributed by atoms with Crippen LogP contribution in [0, 0.1) is 13.8 Å². The number of aryl methyl sites for hydroxylation is 2. The second kappa shape index (κ2) is 10.2. The van der Waals surface area contributed by atoms with Gasteiger partial charge in [-0.05, 0) is 64.7 Å². The van der Waals surface area contributed by atoms with Crippen molar-refractivity contribution in [1.29, 1.82) is 0 Å². The number of fused-ring (bicyclic) bond motifs is 1. The normalized spacial score (nSPS) is 19.9. The fourth-order valence-electron chi connectivity index (χ4n) is 4.40. The van der Waals surface area contributed by atoms with Gasteiger partial charge in [0.2, 0.25) is 0 Å². The molecular formula is C27H29F3N6O. The molecule has 6 rings (SSSR count). The van der Waals surface area contributed by atoms with Gasteiger partial charge in [0.15, 0.2) is 5.65 Å². The monoisotopic (exact) mass is 510 g/mol. The number of hydrogen-bond donors (Lipinski definition) is 0. The van der Waals surface area contributed by atoms with Crippen molar-refractivity contribution in [3.8, 4) is 11.3 Å². The van der Waals surface area contributed by atoms with Crippen molar-refractivity contribution in [3.63, 3.8) is 0 Å². The highest BCUT2D eigenvalue weighted by molar-refractivity contribution is 5.87. The maximum absolute atomic E-state index is 13.0. The zero-order chi connectivity index (χ0) is 26.2. The molecule has 2 atom stereocenters. The molecule has 1 aromatic carbocycles. The van der Waals surface area contributed by atoms with Gasteiger partial charge >= 0.3 is 6.18 Å². The van der Waals surface area contributed by atoms with Gasteiger partial charge in [0.1, 0.15) is 17.0 Å². The molecule has 1 saturated carbocycles. The topological polar surface area (TPSA) is 78.6 Å². The molecule has 7 nitrogen and oxygen atoms in total. The number of halogens is 3. The molecule has 37 heavy (non-hydrogen) atoms. The Bertz CT molecular complexity index is 1370. The minimum Gasteiger partial charge on any atom is -0.378 e. The summed E-state index contributed by atoms with van der Waals surface area (Å²) in [6, 6.07) is 7.70. The Morgan fingerprint density at radius 1 is 0.946 bits per heavy atom. The molecule has 10 heteroatoms. The Morgan fingerprint density at radius 3 is 2.30 bits per heavy atom. The first-order chi connectivity index (χ1) is 17.7. The molecule has 1 aliphatic heterocycles. The molecule has 2 aliphatic rings. The van der Waals surface area contributed by atoms with E-state index in [9.17, 15) is 13.2 Å². The highest BCUT2D eigenvalue weighted by Gasteiger charge is 2.30. The van der Waals surface area contributed by atoms with Gasteiger partial charge in [-0.1, -0.05) is 12.1 Å². The molecule has 0 N–H and O–H groups in total. The first-order valence-corrected chi connectivity index (χ1v) is 12.5. The summed E-state index contributed by atoms with van der Waals surface area (Å²) in [6.07, 6.45) is 3.80. The quantitative estimate of drug-likeness (QED) is 0.325. The van der Waals surface area contributed by atoms with Crippen LogP contribution in [0.4, 0.5) is 13.2 Å². The Kier molecular flexibility index (Phi) is 6.94. The Hall–Kier alpha value is -3.40. The number of nitrogens with zero attached hydrogens (tertiary/aromatic N) is 6. The molecule has 4 heterocycles. The van der Waals surface area contributed by atoms with Gasteiger partial charge in [-0.15, -0.1) is 0 Å². The fraction of sp³-hybridized carbons (Fsp3) is 0.444. The van der Waals surface area contributed by atoms with Crippen LogP contribution in [0.2, 0.25) is 0 Å². The van der Waals surface area contributed by atoms with Gasteiger partial charge in [-0.3, -0.25) is 4.68 Å². The van der Waals surface area contributed by atoms with E-state index in [2.05, 4.69) is 20.1 Å². The van der Waals surface area contributed by atoms with Crippen molar-refractivity contribution in [2.75, 3.05) is 6.61 Å². The van der Waals surface area contributed by atoms with E-state index < -0.39 is 11.7 Å². The van der Waals surface area contributed by atoms with Crippen LogP contribution >= 0.6 is 0 Å². The standard InChI is InChI=1S/C21H21F3N4O.C6H8N2/c1-11-10-15(8-9-29-11)19-27-17(14-4-6-16(7-5-14)21(22,23)24)18-20(28-19)26-13(3)12(2)25-18;1-4-7-8(5-1)6-2-3-6/h4-7,11,15H,8-10H2,1-3H3;1,4-6H,2-3H2. The summed E-state index contributed by atoms with van der Waals surface area (Å²) in [6.45, 7) is 6.34. The van der Waals surface area contributed by atoms with Crippen molar-refractivity contribution in [2.24, 2.45) is 0 Å². The van der Waals surface area contributed by atoms with Crippen molar-refractivity contribution in [2.45, 2.75) is 70.7 Å². The summed E-state index contributed by atoms with van der Waals surface area (Å²) >= 11 is 0. The number of rotatable bonds is 3. The number of hydrogen-bond acceptors (Lipinski definition) is 6. The highest BCUT2D eigenvalue weighted by Crippen LogP contribution is 2.35. The number of aromatic nitrogens is 6. The molecule has 0 radical (unpaired) electrons. The number of alkyl halides is 3. The average molecular weight is 511 g/mol. The summed E-state index contributed by atoms with van der Waals surface area (Å²) < 4.78 is 46.5. The number of ether oxygens (including phenoxy) is 1. The molecule has 1 saturated heterocycles. The predicted octanol–water partition coefficient (Wildman–Crippen LogP) is 6.22. The Morgan fingerprint density at radius 2 is 1.68 bits per heavy atom. The number of benzene rings is 1. The van der Waals surface area contributed by atoms with Crippen LogP contribution in [0.15, 0.2) is 42.7 Å². The second-order valence-electron chi connectivity index (χ2n) is 9.69. The van der Waals surface area contributed by atoms with Gasteiger partial charge in [-0.2, -0.15) is 18.3 Å². The van der Waals surface area contributed by atoms with Crippen LogP contribution in [-0.2, 0) is 10.9 Å². The van der Waals surface area contributed by atoms with E-state index in [-0.39, 0.29) is 12.0 Å². The van der Waals surface area contributed by atoms with Gasteiger partial charge in [-0.25, -0.2) is 19.9 Å². The minimum atomic E-state index is -4.39. The molecule has 0 spiro atoms. The lowest BCUT2D eigenvalue weighted by Crippen LogP contribution is -2.23. The predicted molar refractivity (Wildman–Crippen MR) is 133 cm³/mol. The minimum absolute atomic E-state index is 0.105. The van der Waals surface area contributed by atoms with Crippen LogP contribution < -0.4 is 0 Å². The van der Waals surface area contributed by atoms with Crippen molar-refractivity contribution >= 4 is 11.2 Å². The highest BCUT2D eigenvalue weighted by atomic mass is 19.4. The van der Waals surface area contributed by atoms with E-state index >= 15 is 0 Å². The lowest BCUT2D eigenvalue weighted by atomic mass is 9.95. The van der Waals surface area contributed by atoms with Crippen LogP contribution in [-0.4, -0.2) is 42.4 Å². The van der Waals surface area contributed by atoms with Gasteiger partial charge in [0, 0.05) is 30.5 Å². The van der Waals surface area contributed by atoms with E-state index in [1.165, 1.54) is 25.0 Å². The molecule has 2 fully saturated rings. The molecule has 0 amide bonds. The van der Waals surface area contributed by atoms with Gasteiger partial charge < -0.3 is 4.74 Å². The molecule has 2 unspecified atom stereocenters. The molecule has 194 valence electrons.